The Hall–Kier alpha value is -1.46. The van der Waals surface area contributed by atoms with Crippen molar-refractivity contribution in [2.24, 2.45) is 17.8 Å². The van der Waals surface area contributed by atoms with Gasteiger partial charge in [-0.2, -0.15) is 0 Å². The minimum atomic E-state index is -1.50. The zero-order valence-corrected chi connectivity index (χ0v) is 29.5. The van der Waals surface area contributed by atoms with Gasteiger partial charge in [-0.3, -0.25) is 9.59 Å². The van der Waals surface area contributed by atoms with Gasteiger partial charge >= 0.3 is 0 Å². The molecule has 6 unspecified atom stereocenters. The summed E-state index contributed by atoms with van der Waals surface area (Å²) in [7, 11) is 0. The van der Waals surface area contributed by atoms with Gasteiger partial charge in [0.1, 0.15) is 48.8 Å². The number of hydrogen-bond donors (Lipinski definition) is 6. The third-order valence-corrected chi connectivity index (χ3v) is 11.4. The molecule has 2 amide bonds. The Morgan fingerprint density at radius 1 is 0.878 bits per heavy atom. The van der Waals surface area contributed by atoms with Crippen molar-refractivity contribution in [1.82, 2.24) is 10.2 Å². The molecule has 49 heavy (non-hydrogen) atoms. The molecule has 0 radical (unpaired) electrons. The Morgan fingerprint density at radius 3 is 2.20 bits per heavy atom. The number of ether oxygens (including phenoxy) is 5. The fourth-order valence-electron chi connectivity index (χ4n) is 8.37. The van der Waals surface area contributed by atoms with Crippen LogP contribution in [0.4, 0.5) is 0 Å². The zero-order valence-electron chi connectivity index (χ0n) is 29.5. The minimum Gasteiger partial charge on any atom is -0.394 e. The van der Waals surface area contributed by atoms with E-state index in [1.165, 1.54) is 13.3 Å². The van der Waals surface area contributed by atoms with Crippen molar-refractivity contribution < 1.29 is 58.8 Å². The van der Waals surface area contributed by atoms with Gasteiger partial charge < -0.3 is 59.4 Å². The Labute approximate surface area is 289 Å². The SMILES string of the molecule is CCC1CC(C)C[C@@H](O[C@@H]2O[C@@H](CO)[C@H](O)C(O[C@@H](CC3CCCCC3)C(=O)N3CCC3)C2NC(C)=O)[C@@H]1O[C@@H]1OC(C)[C@@H](O)[C@H](O)C1O. The number of carbonyl (C=O) groups excluding carboxylic acids is 2. The van der Waals surface area contributed by atoms with Gasteiger partial charge in [0, 0.05) is 20.0 Å². The van der Waals surface area contributed by atoms with E-state index in [1.54, 1.807) is 11.8 Å². The summed E-state index contributed by atoms with van der Waals surface area (Å²) in [6.07, 6.45) is -4.45. The molecule has 14 heteroatoms. The molecule has 5 fully saturated rings. The summed E-state index contributed by atoms with van der Waals surface area (Å²) in [6, 6.07) is -1.04. The maximum atomic E-state index is 13.7. The average molecular weight is 701 g/mol. The van der Waals surface area contributed by atoms with Crippen molar-refractivity contribution in [3.8, 4) is 0 Å². The summed E-state index contributed by atoms with van der Waals surface area (Å²) in [4.78, 5) is 28.1. The molecule has 2 saturated carbocycles. The molecule has 3 heterocycles. The number of likely N-dealkylation sites (tertiary alicyclic amines) is 1. The van der Waals surface area contributed by atoms with Crippen LogP contribution in [0.15, 0.2) is 0 Å². The van der Waals surface area contributed by atoms with Gasteiger partial charge in [-0.05, 0) is 50.4 Å². The lowest BCUT2D eigenvalue weighted by molar-refractivity contribution is -0.338. The van der Waals surface area contributed by atoms with E-state index in [0.717, 1.165) is 38.5 Å². The fourth-order valence-corrected chi connectivity index (χ4v) is 8.37. The monoisotopic (exact) mass is 700 g/mol. The Kier molecular flexibility index (Phi) is 13.7. The maximum Gasteiger partial charge on any atom is 0.251 e. The molecule has 15 atom stereocenters. The highest BCUT2D eigenvalue weighted by molar-refractivity contribution is 5.81. The molecule has 0 spiro atoms. The topological polar surface area (TPSA) is 197 Å². The van der Waals surface area contributed by atoms with Crippen LogP contribution in [0.1, 0.15) is 91.9 Å². The molecule has 3 aliphatic heterocycles. The van der Waals surface area contributed by atoms with Crippen molar-refractivity contribution in [3.05, 3.63) is 0 Å². The lowest BCUT2D eigenvalue weighted by Crippen LogP contribution is -2.67. The van der Waals surface area contributed by atoms with Gasteiger partial charge in [0.2, 0.25) is 5.91 Å². The van der Waals surface area contributed by atoms with Crippen LogP contribution in [0.3, 0.4) is 0 Å². The number of carbonyl (C=O) groups is 2. The zero-order chi connectivity index (χ0) is 35.4. The molecule has 3 saturated heterocycles. The van der Waals surface area contributed by atoms with E-state index in [2.05, 4.69) is 12.2 Å². The van der Waals surface area contributed by atoms with E-state index >= 15 is 0 Å². The van der Waals surface area contributed by atoms with Crippen molar-refractivity contribution in [1.29, 1.82) is 0 Å². The standard InChI is InChI=1S/C35H60N2O12/c1-5-22-14-18(2)15-23(31(22)49-35-30(43)29(42)27(40)19(3)45-35)47-34-26(36-20(4)39)32(28(41)25(17-38)48-34)46-24(33(44)37-12-9-13-37)16-21-10-7-6-8-11-21/h18-19,21-32,34-35,38,40-43H,5-17H2,1-4H3,(H,36,39)/t18?,19?,22?,23-,24+,25+,26?,27-,28+,29+,30?,31-,32?,34-,35+/m1/s1. The molecule has 0 bridgehead atoms. The molecule has 0 aromatic heterocycles. The van der Waals surface area contributed by atoms with E-state index in [4.69, 9.17) is 23.7 Å². The molecule has 0 aromatic carbocycles. The third-order valence-electron chi connectivity index (χ3n) is 11.4. The number of aliphatic hydroxyl groups excluding tert-OH is 5. The van der Waals surface area contributed by atoms with Gasteiger partial charge in [0.05, 0.1) is 24.9 Å². The van der Waals surface area contributed by atoms with Crippen LogP contribution in [0.25, 0.3) is 0 Å². The first-order valence-electron chi connectivity index (χ1n) is 18.6. The summed E-state index contributed by atoms with van der Waals surface area (Å²) in [5.41, 5.74) is 0. The minimum absolute atomic E-state index is 0.0352. The van der Waals surface area contributed by atoms with Gasteiger partial charge in [0.15, 0.2) is 12.6 Å². The van der Waals surface area contributed by atoms with E-state index in [1.807, 2.05) is 6.92 Å². The maximum absolute atomic E-state index is 13.7. The number of aliphatic hydroxyl groups is 5. The largest absolute Gasteiger partial charge is 0.394 e. The van der Waals surface area contributed by atoms with Crippen LogP contribution in [0.5, 0.6) is 0 Å². The predicted molar refractivity (Wildman–Crippen MR) is 175 cm³/mol. The van der Waals surface area contributed by atoms with E-state index in [0.29, 0.717) is 38.3 Å². The van der Waals surface area contributed by atoms with Crippen LogP contribution in [-0.4, -0.2) is 142 Å². The van der Waals surface area contributed by atoms with Crippen molar-refractivity contribution in [3.63, 3.8) is 0 Å². The van der Waals surface area contributed by atoms with E-state index in [9.17, 15) is 35.1 Å². The highest BCUT2D eigenvalue weighted by Gasteiger charge is 2.52. The highest BCUT2D eigenvalue weighted by Crippen LogP contribution is 2.39. The van der Waals surface area contributed by atoms with Gasteiger partial charge in [-0.1, -0.05) is 52.4 Å². The fraction of sp³-hybridized carbons (Fsp3) is 0.943. The summed E-state index contributed by atoms with van der Waals surface area (Å²) >= 11 is 0. The first-order chi connectivity index (χ1) is 23.4. The first kappa shape index (κ1) is 38.8. The molecule has 282 valence electrons. The van der Waals surface area contributed by atoms with Crippen molar-refractivity contribution in [2.75, 3.05) is 19.7 Å². The van der Waals surface area contributed by atoms with Gasteiger partial charge in [0.25, 0.3) is 5.91 Å². The normalized spacial score (nSPS) is 42.7. The smallest absolute Gasteiger partial charge is 0.251 e. The molecule has 14 nitrogen and oxygen atoms in total. The second kappa shape index (κ2) is 17.4. The Bertz CT molecular complexity index is 1080. The van der Waals surface area contributed by atoms with Crippen molar-refractivity contribution >= 4 is 11.8 Å². The molecule has 2 aliphatic carbocycles. The Morgan fingerprint density at radius 2 is 1.59 bits per heavy atom. The molecular weight excluding hydrogens is 640 g/mol. The second-order valence-corrected chi connectivity index (χ2v) is 15.2. The number of nitrogens with zero attached hydrogens (tertiary/aromatic N) is 1. The summed E-state index contributed by atoms with van der Waals surface area (Å²) in [5, 5.41) is 56.2. The number of nitrogens with one attached hydrogen (secondary N) is 1. The van der Waals surface area contributed by atoms with Crippen LogP contribution in [0.2, 0.25) is 0 Å². The highest BCUT2D eigenvalue weighted by atomic mass is 16.7. The quantitative estimate of drug-likeness (QED) is 0.166. The van der Waals surface area contributed by atoms with E-state index in [-0.39, 0.29) is 17.7 Å². The summed E-state index contributed by atoms with van der Waals surface area (Å²) < 4.78 is 31.6. The van der Waals surface area contributed by atoms with Gasteiger partial charge in [-0.15, -0.1) is 0 Å². The number of rotatable bonds is 12. The first-order valence-corrected chi connectivity index (χ1v) is 18.6. The van der Waals surface area contributed by atoms with Crippen LogP contribution < -0.4 is 5.32 Å². The molecule has 5 rings (SSSR count). The van der Waals surface area contributed by atoms with Crippen LogP contribution in [-0.2, 0) is 33.3 Å². The van der Waals surface area contributed by atoms with Gasteiger partial charge in [-0.25, -0.2) is 0 Å². The predicted octanol–water partition coefficient (Wildman–Crippen LogP) is 0.580. The lowest BCUT2D eigenvalue weighted by atomic mass is 9.77. The van der Waals surface area contributed by atoms with Crippen molar-refractivity contribution in [2.45, 2.75) is 172 Å². The third kappa shape index (κ3) is 9.13. The molecule has 6 N–H and O–H groups in total. The lowest BCUT2D eigenvalue weighted by Gasteiger charge is -2.49. The number of hydrogen-bond acceptors (Lipinski definition) is 12. The summed E-state index contributed by atoms with van der Waals surface area (Å²) in [6.45, 7) is 7.79. The van der Waals surface area contributed by atoms with Crippen LogP contribution in [0, 0.1) is 17.8 Å². The average Bonchev–Trinajstić information content (AvgIpc) is 3.05. The Balaban J connectivity index is 1.41. The molecular formula is C35H60N2O12. The second-order valence-electron chi connectivity index (χ2n) is 15.2. The summed E-state index contributed by atoms with van der Waals surface area (Å²) in [5.74, 6) is -0.0792. The van der Waals surface area contributed by atoms with Crippen LogP contribution >= 0.6 is 0 Å². The molecule has 5 aliphatic rings. The molecule has 0 aromatic rings. The number of amides is 2. The van der Waals surface area contributed by atoms with E-state index < -0.39 is 92.2 Å².